The van der Waals surface area contributed by atoms with Crippen molar-refractivity contribution in [3.05, 3.63) is 0 Å². The molecule has 4 heteroatoms. The van der Waals surface area contributed by atoms with Crippen LogP contribution in [0.5, 0.6) is 0 Å². The SMILES string of the molecule is COC(=O)C1CCC(SC)=N1. The highest BCUT2D eigenvalue weighted by Gasteiger charge is 2.24. The molecule has 1 aliphatic rings. The van der Waals surface area contributed by atoms with E-state index in [1.807, 2.05) is 6.26 Å². The summed E-state index contributed by atoms with van der Waals surface area (Å²) in [5.41, 5.74) is 0. The van der Waals surface area contributed by atoms with Crippen molar-refractivity contribution >= 4 is 22.8 Å². The molecular formula is C7H11NO2S. The average molecular weight is 173 g/mol. The monoisotopic (exact) mass is 173 g/mol. The lowest BCUT2D eigenvalue weighted by molar-refractivity contribution is -0.141. The summed E-state index contributed by atoms with van der Waals surface area (Å²) in [4.78, 5) is 15.1. The van der Waals surface area contributed by atoms with Gasteiger partial charge in [0.2, 0.25) is 0 Å². The Morgan fingerprint density at radius 3 is 3.00 bits per heavy atom. The van der Waals surface area contributed by atoms with Crippen LogP contribution in [0, 0.1) is 0 Å². The van der Waals surface area contributed by atoms with Gasteiger partial charge in [-0.1, -0.05) is 0 Å². The third-order valence-electron chi connectivity index (χ3n) is 1.64. The second-order valence-corrected chi connectivity index (χ2v) is 3.18. The Hall–Kier alpha value is -0.510. The van der Waals surface area contributed by atoms with Crippen LogP contribution in [-0.4, -0.2) is 30.4 Å². The minimum Gasteiger partial charge on any atom is -0.467 e. The van der Waals surface area contributed by atoms with Gasteiger partial charge < -0.3 is 4.74 Å². The fourth-order valence-corrected chi connectivity index (χ4v) is 1.58. The molecule has 0 fully saturated rings. The van der Waals surface area contributed by atoms with E-state index in [-0.39, 0.29) is 12.0 Å². The molecule has 0 saturated carbocycles. The molecule has 0 amide bonds. The van der Waals surface area contributed by atoms with E-state index >= 15 is 0 Å². The van der Waals surface area contributed by atoms with Crippen LogP contribution in [0.25, 0.3) is 0 Å². The number of carbonyl (C=O) groups is 1. The second kappa shape index (κ2) is 3.76. The highest BCUT2D eigenvalue weighted by Crippen LogP contribution is 2.19. The zero-order valence-electron chi connectivity index (χ0n) is 6.66. The molecule has 0 aromatic rings. The summed E-state index contributed by atoms with van der Waals surface area (Å²) >= 11 is 1.61. The van der Waals surface area contributed by atoms with Crippen molar-refractivity contribution in [2.24, 2.45) is 4.99 Å². The van der Waals surface area contributed by atoms with Crippen LogP contribution >= 0.6 is 11.8 Å². The summed E-state index contributed by atoms with van der Waals surface area (Å²) in [5.74, 6) is -0.214. The van der Waals surface area contributed by atoms with Gasteiger partial charge in [-0.15, -0.1) is 11.8 Å². The fraction of sp³-hybridized carbons (Fsp3) is 0.714. The van der Waals surface area contributed by atoms with Crippen LogP contribution in [0.4, 0.5) is 0 Å². The fourth-order valence-electron chi connectivity index (χ4n) is 1.02. The maximum absolute atomic E-state index is 10.9. The Morgan fingerprint density at radius 2 is 2.55 bits per heavy atom. The molecule has 62 valence electrons. The maximum atomic E-state index is 10.9. The second-order valence-electron chi connectivity index (χ2n) is 2.30. The first-order valence-electron chi connectivity index (χ1n) is 3.46. The zero-order valence-corrected chi connectivity index (χ0v) is 7.48. The van der Waals surface area contributed by atoms with Gasteiger partial charge in [0, 0.05) is 0 Å². The number of carbonyl (C=O) groups excluding carboxylic acids is 1. The van der Waals surface area contributed by atoms with Crippen molar-refractivity contribution < 1.29 is 9.53 Å². The molecule has 1 aliphatic heterocycles. The van der Waals surface area contributed by atoms with E-state index in [2.05, 4.69) is 9.73 Å². The van der Waals surface area contributed by atoms with Crippen molar-refractivity contribution in [3.63, 3.8) is 0 Å². The number of esters is 1. The Bertz CT molecular complexity index is 191. The van der Waals surface area contributed by atoms with E-state index in [1.165, 1.54) is 7.11 Å². The summed E-state index contributed by atoms with van der Waals surface area (Å²) in [7, 11) is 1.40. The van der Waals surface area contributed by atoms with Gasteiger partial charge in [-0.2, -0.15) is 0 Å². The average Bonchev–Trinajstić information content (AvgIpc) is 2.50. The molecule has 11 heavy (non-hydrogen) atoms. The first-order chi connectivity index (χ1) is 5.27. The predicted octanol–water partition coefficient (Wildman–Crippen LogP) is 1.08. The van der Waals surface area contributed by atoms with Crippen LogP contribution in [0.1, 0.15) is 12.8 Å². The van der Waals surface area contributed by atoms with Crippen LogP contribution < -0.4 is 0 Å². The normalized spacial score (nSPS) is 23.1. The van der Waals surface area contributed by atoms with Crippen molar-refractivity contribution in [2.75, 3.05) is 13.4 Å². The summed E-state index contributed by atoms with van der Waals surface area (Å²) in [6, 6.07) is -0.234. The lowest BCUT2D eigenvalue weighted by Crippen LogP contribution is -2.16. The van der Waals surface area contributed by atoms with Gasteiger partial charge in [-0.25, -0.2) is 4.79 Å². The number of methoxy groups -OCH3 is 1. The summed E-state index contributed by atoms with van der Waals surface area (Å²) in [6.07, 6.45) is 3.70. The molecule has 0 N–H and O–H groups in total. The van der Waals surface area contributed by atoms with E-state index in [1.54, 1.807) is 11.8 Å². The van der Waals surface area contributed by atoms with Gasteiger partial charge in [0.05, 0.1) is 12.2 Å². The lowest BCUT2D eigenvalue weighted by Gasteiger charge is -2.01. The summed E-state index contributed by atoms with van der Waals surface area (Å²) in [5, 5.41) is 1.06. The van der Waals surface area contributed by atoms with Gasteiger partial charge in [0.15, 0.2) is 0 Å². The van der Waals surface area contributed by atoms with E-state index in [0.29, 0.717) is 0 Å². The van der Waals surface area contributed by atoms with Gasteiger partial charge in [0.25, 0.3) is 0 Å². The van der Waals surface area contributed by atoms with Gasteiger partial charge in [-0.05, 0) is 19.1 Å². The number of hydrogen-bond acceptors (Lipinski definition) is 4. The molecule has 1 heterocycles. The van der Waals surface area contributed by atoms with Crippen molar-refractivity contribution in [1.29, 1.82) is 0 Å². The van der Waals surface area contributed by atoms with Gasteiger partial charge in [0.1, 0.15) is 6.04 Å². The molecule has 0 radical (unpaired) electrons. The van der Waals surface area contributed by atoms with Crippen LogP contribution in [-0.2, 0) is 9.53 Å². The number of thioether (sulfide) groups is 1. The minimum atomic E-state index is -0.234. The number of hydrogen-bond donors (Lipinski definition) is 0. The quantitative estimate of drug-likeness (QED) is 0.557. The Kier molecular flexibility index (Phi) is 2.93. The van der Waals surface area contributed by atoms with Crippen LogP contribution in [0.3, 0.4) is 0 Å². The highest BCUT2D eigenvalue weighted by atomic mass is 32.2. The Labute approximate surface area is 70.2 Å². The Morgan fingerprint density at radius 1 is 1.82 bits per heavy atom. The van der Waals surface area contributed by atoms with Gasteiger partial charge in [-0.3, -0.25) is 4.99 Å². The largest absolute Gasteiger partial charge is 0.467 e. The third kappa shape index (κ3) is 1.96. The molecule has 0 spiro atoms. The summed E-state index contributed by atoms with van der Waals surface area (Å²) < 4.78 is 4.57. The predicted molar refractivity (Wildman–Crippen MR) is 46.0 cm³/mol. The maximum Gasteiger partial charge on any atom is 0.330 e. The molecule has 0 aliphatic carbocycles. The number of rotatable bonds is 1. The minimum absolute atomic E-state index is 0.214. The highest BCUT2D eigenvalue weighted by molar-refractivity contribution is 8.13. The first-order valence-corrected chi connectivity index (χ1v) is 4.69. The third-order valence-corrected chi connectivity index (χ3v) is 2.42. The van der Waals surface area contributed by atoms with Crippen molar-refractivity contribution in [1.82, 2.24) is 0 Å². The van der Waals surface area contributed by atoms with E-state index in [4.69, 9.17) is 0 Å². The van der Waals surface area contributed by atoms with Crippen LogP contribution in [0.2, 0.25) is 0 Å². The molecule has 3 nitrogen and oxygen atoms in total. The van der Waals surface area contributed by atoms with E-state index in [9.17, 15) is 4.79 Å². The molecule has 0 bridgehead atoms. The molecule has 1 rings (SSSR count). The molecule has 0 aromatic heterocycles. The van der Waals surface area contributed by atoms with E-state index in [0.717, 1.165) is 17.9 Å². The summed E-state index contributed by atoms with van der Waals surface area (Å²) in [6.45, 7) is 0. The molecule has 1 atom stereocenters. The lowest BCUT2D eigenvalue weighted by atomic mass is 10.2. The molecule has 0 aromatic carbocycles. The topological polar surface area (TPSA) is 38.7 Å². The van der Waals surface area contributed by atoms with Crippen molar-refractivity contribution in [2.45, 2.75) is 18.9 Å². The standard InChI is InChI=1S/C7H11NO2S/c1-10-7(9)5-3-4-6(8-5)11-2/h5H,3-4H2,1-2H3. The first kappa shape index (κ1) is 8.59. The van der Waals surface area contributed by atoms with E-state index < -0.39 is 0 Å². The molecular weight excluding hydrogens is 162 g/mol. The smallest absolute Gasteiger partial charge is 0.330 e. The number of aliphatic imine (C=N–C) groups is 1. The Balaban J connectivity index is 2.52. The molecule has 0 saturated heterocycles. The van der Waals surface area contributed by atoms with Gasteiger partial charge >= 0.3 is 5.97 Å². The van der Waals surface area contributed by atoms with Crippen LogP contribution in [0.15, 0.2) is 4.99 Å². The number of ether oxygens (including phenoxy) is 1. The molecule has 1 unspecified atom stereocenters. The zero-order chi connectivity index (χ0) is 8.27. The number of nitrogens with zero attached hydrogens (tertiary/aromatic N) is 1. The van der Waals surface area contributed by atoms with Crippen molar-refractivity contribution in [3.8, 4) is 0 Å².